The number of carbonyl (C=O) groups excluding carboxylic acids is 6. The monoisotopic (exact) mass is 659 g/mol. The molecular formula is C35H37N3O10. The number of nitrogens with one attached hydrogen (secondary N) is 2. The molecule has 0 unspecified atom stereocenters. The number of esters is 2. The molecule has 0 bridgehead atoms. The van der Waals surface area contributed by atoms with E-state index in [1.165, 1.54) is 18.2 Å². The summed E-state index contributed by atoms with van der Waals surface area (Å²) in [6, 6.07) is 15.7. The maximum atomic E-state index is 13.5. The van der Waals surface area contributed by atoms with E-state index in [1.807, 2.05) is 13.8 Å². The van der Waals surface area contributed by atoms with E-state index in [2.05, 4.69) is 10.6 Å². The maximum absolute atomic E-state index is 13.5. The number of anilines is 2. The van der Waals surface area contributed by atoms with Crippen molar-refractivity contribution in [3.8, 4) is 11.5 Å². The van der Waals surface area contributed by atoms with E-state index in [0.717, 1.165) is 4.90 Å². The molecule has 0 saturated carbocycles. The fourth-order valence-electron chi connectivity index (χ4n) is 4.87. The molecule has 0 fully saturated rings. The molecule has 4 amide bonds. The van der Waals surface area contributed by atoms with Gasteiger partial charge in [0.2, 0.25) is 0 Å². The van der Waals surface area contributed by atoms with Crippen LogP contribution in [0.25, 0.3) is 0 Å². The summed E-state index contributed by atoms with van der Waals surface area (Å²) in [6.07, 6.45) is 0.0726. The van der Waals surface area contributed by atoms with E-state index in [9.17, 15) is 28.8 Å². The largest absolute Gasteiger partial charge is 0.494 e. The zero-order valence-corrected chi connectivity index (χ0v) is 27.1. The summed E-state index contributed by atoms with van der Waals surface area (Å²) in [5, 5.41) is 5.21. The van der Waals surface area contributed by atoms with Crippen molar-refractivity contribution in [2.75, 3.05) is 37.1 Å². The highest BCUT2D eigenvalue weighted by Crippen LogP contribution is 2.29. The molecule has 0 aliphatic carbocycles. The third kappa shape index (κ3) is 8.96. The molecule has 1 heterocycles. The maximum Gasteiger partial charge on any atom is 0.338 e. The Bertz CT molecular complexity index is 1670. The molecule has 0 radical (unpaired) electrons. The Hall–Kier alpha value is -5.72. The predicted octanol–water partition coefficient (Wildman–Crippen LogP) is 4.47. The Morgan fingerprint density at radius 3 is 1.69 bits per heavy atom. The van der Waals surface area contributed by atoms with Gasteiger partial charge in [0, 0.05) is 11.4 Å². The number of amides is 4. The molecule has 0 saturated heterocycles. The number of hydrogen-bond acceptors (Lipinski definition) is 10. The number of nitrogens with zero attached hydrogens (tertiary/aromatic N) is 1. The van der Waals surface area contributed by atoms with Gasteiger partial charge in [0.25, 0.3) is 23.6 Å². The van der Waals surface area contributed by atoms with Crippen molar-refractivity contribution >= 4 is 46.9 Å². The second-order valence-electron chi connectivity index (χ2n) is 11.1. The number of benzene rings is 3. The van der Waals surface area contributed by atoms with Gasteiger partial charge in [-0.1, -0.05) is 13.8 Å². The number of carbonyl (C=O) groups is 6. The molecule has 13 heteroatoms. The first-order valence-electron chi connectivity index (χ1n) is 15.4. The molecule has 3 aromatic carbocycles. The molecule has 0 aromatic heterocycles. The number of imide groups is 1. The van der Waals surface area contributed by atoms with Crippen molar-refractivity contribution < 1.29 is 47.7 Å². The van der Waals surface area contributed by atoms with Crippen LogP contribution in [0.15, 0.2) is 66.7 Å². The molecule has 2 N–H and O–H groups in total. The van der Waals surface area contributed by atoms with Crippen LogP contribution in [0.4, 0.5) is 11.4 Å². The lowest BCUT2D eigenvalue weighted by Crippen LogP contribution is -2.46. The Labute approximate surface area is 277 Å². The number of rotatable bonds is 15. The quantitative estimate of drug-likeness (QED) is 0.176. The third-order valence-corrected chi connectivity index (χ3v) is 7.01. The van der Waals surface area contributed by atoms with E-state index in [4.69, 9.17) is 18.9 Å². The Balaban J connectivity index is 1.37. The van der Waals surface area contributed by atoms with Crippen molar-refractivity contribution in [2.24, 2.45) is 5.92 Å². The minimum Gasteiger partial charge on any atom is -0.494 e. The van der Waals surface area contributed by atoms with Gasteiger partial charge in [-0.15, -0.1) is 0 Å². The summed E-state index contributed by atoms with van der Waals surface area (Å²) >= 11 is 0. The lowest BCUT2D eigenvalue weighted by Gasteiger charge is -2.25. The van der Waals surface area contributed by atoms with Crippen LogP contribution in [-0.4, -0.2) is 72.9 Å². The molecule has 4 rings (SSSR count). The smallest absolute Gasteiger partial charge is 0.338 e. The van der Waals surface area contributed by atoms with Gasteiger partial charge >= 0.3 is 11.9 Å². The summed E-state index contributed by atoms with van der Waals surface area (Å²) in [5.74, 6) is -3.45. The average molecular weight is 660 g/mol. The molecule has 1 aliphatic rings. The van der Waals surface area contributed by atoms with Crippen LogP contribution < -0.4 is 20.1 Å². The van der Waals surface area contributed by atoms with Crippen LogP contribution in [-0.2, 0) is 23.9 Å². The van der Waals surface area contributed by atoms with E-state index >= 15 is 0 Å². The minimum absolute atomic E-state index is 0.0143. The van der Waals surface area contributed by atoms with E-state index in [1.54, 1.807) is 62.4 Å². The van der Waals surface area contributed by atoms with Gasteiger partial charge < -0.3 is 29.6 Å². The molecule has 1 aliphatic heterocycles. The first-order chi connectivity index (χ1) is 23.0. The van der Waals surface area contributed by atoms with Crippen LogP contribution >= 0.6 is 0 Å². The van der Waals surface area contributed by atoms with Crippen molar-refractivity contribution in [3.63, 3.8) is 0 Å². The predicted molar refractivity (Wildman–Crippen MR) is 174 cm³/mol. The van der Waals surface area contributed by atoms with Gasteiger partial charge in [-0.05, 0) is 92.9 Å². The van der Waals surface area contributed by atoms with E-state index < -0.39 is 54.8 Å². The lowest BCUT2D eigenvalue weighted by atomic mass is 10.0. The normalized spacial score (nSPS) is 12.6. The van der Waals surface area contributed by atoms with E-state index in [0.29, 0.717) is 36.1 Å². The number of fused-ring (bicyclic) bond motifs is 1. The Morgan fingerprint density at radius 2 is 1.19 bits per heavy atom. The highest BCUT2D eigenvalue weighted by atomic mass is 16.5. The molecule has 0 spiro atoms. The molecule has 3 aromatic rings. The SMILES string of the molecule is CCOc1ccc(NC(=O)COC(=O)c2ccc3c(c2)C(=O)N([C@H](CC(C)C)C(=O)OCC(=O)Nc2ccc(OCC)cc2)C3=O)cc1. The Kier molecular flexibility index (Phi) is 11.9. The van der Waals surface area contributed by atoms with Crippen LogP contribution in [0.5, 0.6) is 11.5 Å². The van der Waals surface area contributed by atoms with Crippen molar-refractivity contribution in [1.29, 1.82) is 0 Å². The first kappa shape index (κ1) is 35.1. The third-order valence-electron chi connectivity index (χ3n) is 7.01. The van der Waals surface area contributed by atoms with Gasteiger partial charge in [-0.2, -0.15) is 0 Å². The fourth-order valence-corrected chi connectivity index (χ4v) is 4.87. The zero-order valence-electron chi connectivity index (χ0n) is 27.1. The number of hydrogen-bond donors (Lipinski definition) is 2. The fraction of sp³-hybridized carbons (Fsp3) is 0.314. The highest BCUT2D eigenvalue weighted by Gasteiger charge is 2.44. The van der Waals surface area contributed by atoms with Crippen LogP contribution in [0.2, 0.25) is 0 Å². The second kappa shape index (κ2) is 16.2. The van der Waals surface area contributed by atoms with Gasteiger partial charge in [0.05, 0.1) is 29.9 Å². The molecule has 13 nitrogen and oxygen atoms in total. The van der Waals surface area contributed by atoms with Gasteiger partial charge in [-0.3, -0.25) is 24.1 Å². The van der Waals surface area contributed by atoms with Gasteiger partial charge in [-0.25, -0.2) is 9.59 Å². The van der Waals surface area contributed by atoms with Gasteiger partial charge in [0.1, 0.15) is 17.5 Å². The minimum atomic E-state index is -1.32. The van der Waals surface area contributed by atoms with Crippen LogP contribution in [0.3, 0.4) is 0 Å². The topological polar surface area (TPSA) is 167 Å². The molecule has 252 valence electrons. The summed E-state index contributed by atoms with van der Waals surface area (Å²) < 4.78 is 21.1. The van der Waals surface area contributed by atoms with Gasteiger partial charge in [0.15, 0.2) is 13.2 Å². The van der Waals surface area contributed by atoms with Crippen molar-refractivity contribution in [3.05, 3.63) is 83.4 Å². The summed E-state index contributed by atoms with van der Waals surface area (Å²) in [4.78, 5) is 78.4. The first-order valence-corrected chi connectivity index (χ1v) is 15.4. The highest BCUT2D eigenvalue weighted by molar-refractivity contribution is 6.23. The van der Waals surface area contributed by atoms with Crippen LogP contribution in [0.1, 0.15) is 65.2 Å². The Morgan fingerprint density at radius 1 is 0.688 bits per heavy atom. The lowest BCUT2D eigenvalue weighted by molar-refractivity contribution is -0.151. The number of ether oxygens (including phenoxy) is 4. The zero-order chi connectivity index (χ0) is 34.8. The molecule has 48 heavy (non-hydrogen) atoms. The van der Waals surface area contributed by atoms with Crippen molar-refractivity contribution in [2.45, 2.75) is 40.2 Å². The van der Waals surface area contributed by atoms with E-state index in [-0.39, 0.29) is 29.0 Å². The van der Waals surface area contributed by atoms with Crippen molar-refractivity contribution in [1.82, 2.24) is 4.90 Å². The summed E-state index contributed by atoms with van der Waals surface area (Å²) in [6.45, 7) is 7.05. The second-order valence-corrected chi connectivity index (χ2v) is 11.1. The standard InChI is InChI=1S/C35H37N3O10/c1-5-45-25-12-8-23(9-13-25)36-30(39)19-47-34(43)22-7-16-27-28(18-22)33(42)38(32(27)41)29(17-21(3)4)35(44)48-20-31(40)37-24-10-14-26(15-11-24)46-6-2/h7-16,18,21,29H,5-6,17,19-20H2,1-4H3,(H,36,39)(H,37,40)/t29-/m1/s1. The van der Waals surface area contributed by atoms with Crippen LogP contribution in [0, 0.1) is 5.92 Å². The summed E-state index contributed by atoms with van der Waals surface area (Å²) in [5.41, 5.74) is 0.743. The average Bonchev–Trinajstić information content (AvgIpc) is 3.31. The molecular weight excluding hydrogens is 622 g/mol. The molecule has 1 atom stereocenters. The summed E-state index contributed by atoms with van der Waals surface area (Å²) in [7, 11) is 0.